The number of nitrogens with zero attached hydrogens (tertiary/aromatic N) is 3. The van der Waals surface area contributed by atoms with E-state index >= 15 is 0 Å². The van der Waals surface area contributed by atoms with Gasteiger partial charge in [0.15, 0.2) is 15.7 Å². The van der Waals surface area contributed by atoms with Crippen LogP contribution in [0.15, 0.2) is 219 Å². The second-order valence-electron chi connectivity index (χ2n) is 17.6. The number of sulfone groups is 1. The van der Waals surface area contributed by atoms with Gasteiger partial charge < -0.3 is 14.6 Å². The van der Waals surface area contributed by atoms with Gasteiger partial charge in [-0.15, -0.1) is 0 Å². The van der Waals surface area contributed by atoms with E-state index in [-0.39, 0.29) is 22.0 Å². The van der Waals surface area contributed by atoms with Crippen LogP contribution >= 0.6 is 34.9 Å². The molecule has 2 aliphatic rings. The summed E-state index contributed by atoms with van der Waals surface area (Å²) in [4.78, 5) is 15.2. The number of fused-ring (bicyclic) bond motifs is 1. The van der Waals surface area contributed by atoms with Crippen molar-refractivity contribution in [1.82, 2.24) is 15.0 Å². The fraction of sp³-hybridized carbons (Fsp3) is 0.186. The number of nitrogens with one attached hydrogen (secondary N) is 1. The number of rotatable bonds is 11. The van der Waals surface area contributed by atoms with E-state index in [0.29, 0.717) is 37.6 Å². The molecule has 7 nitrogen and oxygen atoms in total. The summed E-state index contributed by atoms with van der Waals surface area (Å²) >= 11 is -0.106. The number of ether oxygens (including phenoxy) is 1. The fourth-order valence-corrected chi connectivity index (χ4v) is 15.5. The van der Waals surface area contributed by atoms with E-state index in [2.05, 4.69) is 199 Å². The number of aromatic nitrogens is 3. The van der Waals surface area contributed by atoms with E-state index in [9.17, 15) is 8.42 Å². The van der Waals surface area contributed by atoms with Gasteiger partial charge >= 0.3 is 35.0 Å². The Bertz CT molecular complexity index is 2870. The molecule has 11 rings (SSSR count). The molecule has 7 aromatic carbocycles. The number of hydrogen-bond acceptors (Lipinski definition) is 6. The van der Waals surface area contributed by atoms with E-state index < -0.39 is 35.7 Å². The summed E-state index contributed by atoms with van der Waals surface area (Å²) in [6.45, 7) is 7.58. The molecular formula is C59H58Cl2N4O3P2PdS. The fourth-order valence-electron chi connectivity index (χ4n) is 8.89. The van der Waals surface area contributed by atoms with Crippen LogP contribution in [0.4, 0.5) is 5.82 Å². The predicted molar refractivity (Wildman–Crippen MR) is 304 cm³/mol. The topological polar surface area (TPSA) is 88.2 Å². The summed E-state index contributed by atoms with van der Waals surface area (Å²) in [5.41, 5.74) is 2.52. The average molecular weight is 1140 g/mol. The Morgan fingerprint density at radius 3 is 1.42 bits per heavy atom. The number of hydrogen-bond donors (Lipinski definition) is 1. The van der Waals surface area contributed by atoms with Crippen LogP contribution in [0.3, 0.4) is 0 Å². The molecule has 0 unspecified atom stereocenters. The maximum atomic E-state index is 13.3. The van der Waals surface area contributed by atoms with Crippen LogP contribution in [0.1, 0.15) is 39.3 Å². The first kappa shape index (κ1) is 53.3. The van der Waals surface area contributed by atoms with Crippen LogP contribution in [0.5, 0.6) is 0 Å². The first-order chi connectivity index (χ1) is 35.1. The van der Waals surface area contributed by atoms with Crippen molar-refractivity contribution >= 4 is 93.3 Å². The van der Waals surface area contributed by atoms with Gasteiger partial charge in [-0.05, 0) is 93.4 Å². The number of anilines is 1. The molecule has 0 bridgehead atoms. The van der Waals surface area contributed by atoms with E-state index in [1.165, 1.54) is 31.8 Å². The largest absolute Gasteiger partial charge is 0.0622 e. The Kier molecular flexibility index (Phi) is 19.1. The normalized spacial score (nSPS) is 14.9. The summed E-state index contributed by atoms with van der Waals surface area (Å²) in [5.74, 6) is 1.34. The SMILES string of the molecule is CC(C)S(=O)(=O)C1(c2cc(N3CCOC[C@H]3C)nc(-c3cccc4[nH]ccc34)n2)CC1.[Cl][Pd][Cl].c1ccc(P(c2ccccc2)c2ccccc2)cc1.c1ccc(P(c2ccccc2)c2ccccc2)cc1. The van der Waals surface area contributed by atoms with Crippen LogP contribution in [0.2, 0.25) is 0 Å². The molecule has 9 aromatic rings. The predicted octanol–water partition coefficient (Wildman–Crippen LogP) is 11.9. The molecule has 1 aliphatic carbocycles. The number of halogens is 2. The maximum absolute atomic E-state index is 13.3. The molecule has 72 heavy (non-hydrogen) atoms. The van der Waals surface area contributed by atoms with Gasteiger partial charge in [0.05, 0.1) is 30.2 Å². The first-order valence-electron chi connectivity index (χ1n) is 23.9. The molecular weight excluding hydrogens is 1080 g/mol. The van der Waals surface area contributed by atoms with Crippen molar-refractivity contribution in [3.63, 3.8) is 0 Å². The summed E-state index contributed by atoms with van der Waals surface area (Å²) in [7, 11) is 5.39. The average Bonchev–Trinajstić information content (AvgIpc) is 4.12. The number of morpholine rings is 1. The number of aromatic amines is 1. The smallest absolute Gasteiger partial charge is 0.0134 e. The molecule has 13 heteroatoms. The van der Waals surface area contributed by atoms with E-state index in [0.717, 1.165) is 28.8 Å². The van der Waals surface area contributed by atoms with E-state index in [4.69, 9.17) is 33.8 Å². The van der Waals surface area contributed by atoms with Crippen molar-refractivity contribution in [3.8, 4) is 11.4 Å². The summed E-state index contributed by atoms with van der Waals surface area (Å²) in [6.07, 6.45) is 3.11. The Morgan fingerprint density at radius 2 is 1.04 bits per heavy atom. The van der Waals surface area contributed by atoms with Crippen molar-refractivity contribution in [2.45, 2.75) is 49.7 Å². The van der Waals surface area contributed by atoms with Crippen LogP contribution in [-0.2, 0) is 35.3 Å². The van der Waals surface area contributed by atoms with Crippen molar-refractivity contribution in [3.05, 3.63) is 224 Å². The molecule has 2 aromatic heterocycles. The molecule has 1 atom stereocenters. The number of benzene rings is 7. The molecule has 3 heterocycles. The maximum Gasteiger partial charge on any atom is -0.0134 e. The standard InChI is InChI=1S/C23H28N4O3S.2C18H15P.2ClH.Pd/c1-15(2)31(28,29)23(8-9-23)20-13-21(27-11-12-30-14-16(27)3)26-22(25-20)18-5-4-6-19-17(18)7-10-24-19;2*1-4-10-16(11-5-1)19(17-12-6-2-7-13-17)18-14-8-3-9-15-18;;;/h4-7,10,13,15-16,24H,8-9,11-12,14H2,1-3H3;2*1-15H;2*1H;/q;;;;;+2/p-2/t16-;;;;;/m1...../s1. The van der Waals surface area contributed by atoms with E-state index in [1.54, 1.807) is 13.8 Å². The second kappa shape index (κ2) is 25.8. The molecule has 1 aliphatic heterocycles. The van der Waals surface area contributed by atoms with E-state index in [1.807, 2.05) is 36.5 Å². The molecule has 372 valence electrons. The van der Waals surface area contributed by atoms with Crippen molar-refractivity contribution in [2.75, 3.05) is 24.7 Å². The van der Waals surface area contributed by atoms with Gasteiger partial charge in [-0.25, -0.2) is 18.4 Å². The quantitative estimate of drug-likeness (QED) is 0.103. The summed E-state index contributed by atoms with van der Waals surface area (Å²) in [5, 5.41) is 8.96. The van der Waals surface area contributed by atoms with Crippen LogP contribution in [0, 0.1) is 0 Å². The minimum absolute atomic E-state index is 0.106. The van der Waals surface area contributed by atoms with Gasteiger partial charge in [0.1, 0.15) is 10.6 Å². The van der Waals surface area contributed by atoms with Crippen LogP contribution in [-0.4, -0.2) is 54.4 Å². The molecule has 1 saturated carbocycles. The Morgan fingerprint density at radius 1 is 0.625 bits per heavy atom. The van der Waals surface area contributed by atoms with Crippen molar-refractivity contribution in [2.24, 2.45) is 0 Å². The molecule has 1 saturated heterocycles. The number of H-pyrrole nitrogens is 1. The van der Waals surface area contributed by atoms with Gasteiger partial charge in [-0.2, -0.15) is 0 Å². The van der Waals surface area contributed by atoms with Gasteiger partial charge in [0.25, 0.3) is 0 Å². The zero-order valence-corrected chi connectivity index (χ0v) is 46.1. The zero-order chi connectivity index (χ0) is 50.3. The third-order valence-corrected chi connectivity index (χ3v) is 20.5. The summed E-state index contributed by atoms with van der Waals surface area (Å²) < 4.78 is 31.3. The Balaban J connectivity index is 0.000000147. The van der Waals surface area contributed by atoms with Crippen LogP contribution in [0.25, 0.3) is 22.3 Å². The molecule has 0 spiro atoms. The monoisotopic (exact) mass is 1140 g/mol. The summed E-state index contributed by atoms with van der Waals surface area (Å²) in [6, 6.07) is 74.7. The van der Waals surface area contributed by atoms with Gasteiger partial charge in [-0.1, -0.05) is 194 Å². The Labute approximate surface area is 444 Å². The van der Waals surface area contributed by atoms with Gasteiger partial charge in [-0.3, -0.25) is 0 Å². The third kappa shape index (κ3) is 12.8. The van der Waals surface area contributed by atoms with Crippen molar-refractivity contribution in [1.29, 1.82) is 0 Å². The minimum Gasteiger partial charge on any atom is -0.0622 e. The van der Waals surface area contributed by atoms with Gasteiger partial charge in [0, 0.05) is 35.3 Å². The molecule has 0 amide bonds. The Hall–Kier alpha value is -5.03. The second-order valence-corrected chi connectivity index (χ2v) is 27.2. The molecule has 0 radical (unpaired) electrons. The van der Waals surface area contributed by atoms with Gasteiger partial charge in [0.2, 0.25) is 0 Å². The first-order valence-corrected chi connectivity index (χ1v) is 32.2. The third-order valence-electron chi connectivity index (χ3n) is 12.6. The van der Waals surface area contributed by atoms with Crippen molar-refractivity contribution < 1.29 is 29.1 Å². The zero-order valence-electron chi connectivity index (χ0n) is 40.4. The molecule has 2 fully saturated rings. The molecule has 1 N–H and O–H groups in total. The minimum atomic E-state index is -3.35. The van der Waals surface area contributed by atoms with Crippen LogP contribution < -0.4 is 36.7 Å².